The topological polar surface area (TPSA) is 30.0 Å². The second kappa shape index (κ2) is 8.86. The van der Waals surface area contributed by atoms with Gasteiger partial charge >= 0.3 is 0 Å². The maximum atomic E-state index is 8.90. The highest BCUT2D eigenvalue weighted by Gasteiger charge is 2.26. The lowest BCUT2D eigenvalue weighted by atomic mass is 10.0. The predicted octanol–water partition coefficient (Wildman–Crippen LogP) is 0.717. The Kier molecular flexibility index (Phi) is 7.82. The highest BCUT2D eigenvalue weighted by atomic mass is 16.3. The van der Waals surface area contributed by atoms with Gasteiger partial charge in [-0.15, -0.1) is 0 Å². The van der Waals surface area contributed by atoms with Gasteiger partial charge in [0.1, 0.15) is 0 Å². The van der Waals surface area contributed by atoms with E-state index in [0.717, 1.165) is 25.7 Å². The second-order valence-corrected chi connectivity index (χ2v) is 5.14. The summed E-state index contributed by atoms with van der Waals surface area (Å²) >= 11 is 0. The van der Waals surface area contributed by atoms with Crippen molar-refractivity contribution in [3.8, 4) is 0 Å². The van der Waals surface area contributed by atoms with E-state index in [0.29, 0.717) is 6.61 Å². The third-order valence-electron chi connectivity index (χ3n) is 4.03. The van der Waals surface area contributed by atoms with Gasteiger partial charge in [-0.2, -0.15) is 0 Å². The van der Waals surface area contributed by atoms with Crippen molar-refractivity contribution < 1.29 is 5.11 Å². The highest BCUT2D eigenvalue weighted by Crippen LogP contribution is 2.17. The first-order chi connectivity index (χ1) is 8.79. The largest absolute Gasteiger partial charge is 0.395 e. The Hall–Kier alpha value is -0.160. The number of β-amino-alcohol motifs (C(OH)–C–C–N with tert-alkyl or cyclic N) is 1. The minimum Gasteiger partial charge on any atom is -0.395 e. The molecular formula is C14H31N3O. The van der Waals surface area contributed by atoms with Crippen LogP contribution in [0.4, 0.5) is 0 Å². The highest BCUT2D eigenvalue weighted by molar-refractivity contribution is 4.82. The molecule has 4 nitrogen and oxygen atoms in total. The molecule has 2 aliphatic rings. The lowest BCUT2D eigenvalue weighted by molar-refractivity contribution is 0.0626. The van der Waals surface area contributed by atoms with Crippen LogP contribution in [0.1, 0.15) is 26.7 Å². The van der Waals surface area contributed by atoms with Crippen LogP contribution in [-0.2, 0) is 0 Å². The number of aliphatic hydroxyl groups is 1. The number of piperidine rings is 1. The summed E-state index contributed by atoms with van der Waals surface area (Å²) in [5, 5.41) is 8.90. The zero-order valence-electron chi connectivity index (χ0n) is 12.4. The summed E-state index contributed by atoms with van der Waals surface area (Å²) in [4.78, 5) is 7.46. The number of likely N-dealkylation sites (tertiary alicyclic amines) is 1. The summed E-state index contributed by atoms with van der Waals surface area (Å²) in [5.74, 6) is 0. The molecule has 2 aliphatic heterocycles. The van der Waals surface area contributed by atoms with Crippen LogP contribution in [0, 0.1) is 0 Å². The van der Waals surface area contributed by atoms with E-state index in [-0.39, 0.29) is 0 Å². The van der Waals surface area contributed by atoms with Crippen molar-refractivity contribution in [2.75, 3.05) is 59.5 Å². The van der Waals surface area contributed by atoms with Gasteiger partial charge in [-0.1, -0.05) is 13.8 Å². The van der Waals surface area contributed by atoms with E-state index >= 15 is 0 Å². The summed E-state index contributed by atoms with van der Waals surface area (Å²) in [6.45, 7) is 12.4. The minimum atomic E-state index is 0.305. The number of hydrogen-bond donors (Lipinski definition) is 1. The van der Waals surface area contributed by atoms with Crippen molar-refractivity contribution in [2.24, 2.45) is 0 Å². The molecule has 2 rings (SSSR count). The molecule has 0 unspecified atom stereocenters. The molecule has 0 aromatic rings. The molecule has 18 heavy (non-hydrogen) atoms. The number of hydrogen-bond acceptors (Lipinski definition) is 4. The minimum absolute atomic E-state index is 0.305. The summed E-state index contributed by atoms with van der Waals surface area (Å²) in [6, 6.07) is 0.795. The molecule has 1 N–H and O–H groups in total. The zero-order chi connectivity index (χ0) is 13.4. The molecule has 0 amide bonds. The Morgan fingerprint density at radius 2 is 1.50 bits per heavy atom. The third-order valence-corrected chi connectivity index (χ3v) is 4.03. The van der Waals surface area contributed by atoms with Crippen molar-refractivity contribution in [1.29, 1.82) is 0 Å². The molecule has 0 aliphatic carbocycles. The van der Waals surface area contributed by atoms with Crippen LogP contribution in [0.25, 0.3) is 0 Å². The van der Waals surface area contributed by atoms with Crippen molar-refractivity contribution in [3.05, 3.63) is 0 Å². The fourth-order valence-corrected chi connectivity index (χ4v) is 2.84. The number of piperazine rings is 1. The molecule has 2 fully saturated rings. The van der Waals surface area contributed by atoms with Crippen molar-refractivity contribution in [3.63, 3.8) is 0 Å². The SMILES string of the molecule is CC.CN1CCN(C2CCN(CCO)CC2)CC1. The van der Waals surface area contributed by atoms with Gasteiger partial charge in [0.25, 0.3) is 0 Å². The molecule has 0 spiro atoms. The van der Waals surface area contributed by atoms with Crippen LogP contribution in [-0.4, -0.2) is 85.3 Å². The van der Waals surface area contributed by atoms with Crippen LogP contribution < -0.4 is 0 Å². The molecule has 0 aromatic heterocycles. The molecule has 108 valence electrons. The molecule has 2 saturated heterocycles. The summed E-state index contributed by atoms with van der Waals surface area (Å²) in [7, 11) is 2.21. The maximum absolute atomic E-state index is 8.90. The van der Waals surface area contributed by atoms with Crippen LogP contribution in [0.2, 0.25) is 0 Å². The van der Waals surface area contributed by atoms with Crippen LogP contribution in [0.15, 0.2) is 0 Å². The Morgan fingerprint density at radius 3 is 2.00 bits per heavy atom. The molecule has 0 radical (unpaired) electrons. The van der Waals surface area contributed by atoms with Crippen molar-refractivity contribution in [1.82, 2.24) is 14.7 Å². The lowest BCUT2D eigenvalue weighted by Crippen LogP contribution is -2.52. The van der Waals surface area contributed by atoms with Gasteiger partial charge in [-0.25, -0.2) is 0 Å². The molecule has 0 atom stereocenters. The molecule has 0 aromatic carbocycles. The van der Waals surface area contributed by atoms with E-state index in [2.05, 4.69) is 21.7 Å². The molecule has 0 bridgehead atoms. The monoisotopic (exact) mass is 257 g/mol. The van der Waals surface area contributed by atoms with Crippen molar-refractivity contribution >= 4 is 0 Å². The van der Waals surface area contributed by atoms with Gasteiger partial charge in [-0.05, 0) is 33.0 Å². The molecule has 0 saturated carbocycles. The molecule has 2 heterocycles. The van der Waals surface area contributed by atoms with E-state index in [1.54, 1.807) is 0 Å². The van der Waals surface area contributed by atoms with Gasteiger partial charge in [0.05, 0.1) is 6.61 Å². The molecular weight excluding hydrogens is 226 g/mol. The fourth-order valence-electron chi connectivity index (χ4n) is 2.84. The third kappa shape index (κ3) is 4.84. The number of aliphatic hydroxyl groups excluding tert-OH is 1. The van der Waals surface area contributed by atoms with E-state index in [1.165, 1.54) is 39.0 Å². The Balaban J connectivity index is 0.000000771. The first-order valence-electron chi connectivity index (χ1n) is 7.55. The number of rotatable bonds is 3. The number of nitrogens with zero attached hydrogens (tertiary/aromatic N) is 3. The van der Waals surface area contributed by atoms with E-state index < -0.39 is 0 Å². The standard InChI is InChI=1S/C12H25N3O.C2H6/c1-13-6-8-15(9-7-13)12-2-4-14(5-3-12)10-11-16;1-2/h12,16H,2-11H2,1H3;1-2H3. The Bertz CT molecular complexity index is 197. The Labute approximate surface area is 113 Å². The lowest BCUT2D eigenvalue weighted by Gasteiger charge is -2.42. The van der Waals surface area contributed by atoms with Crippen molar-refractivity contribution in [2.45, 2.75) is 32.7 Å². The van der Waals surface area contributed by atoms with E-state index in [1.807, 2.05) is 13.8 Å². The normalized spacial score (nSPS) is 24.7. The van der Waals surface area contributed by atoms with Gasteiger partial charge in [0.2, 0.25) is 0 Å². The summed E-state index contributed by atoms with van der Waals surface area (Å²) < 4.78 is 0. The van der Waals surface area contributed by atoms with E-state index in [4.69, 9.17) is 5.11 Å². The quantitative estimate of drug-likeness (QED) is 0.807. The van der Waals surface area contributed by atoms with Crippen LogP contribution in [0.3, 0.4) is 0 Å². The summed E-state index contributed by atoms with van der Waals surface area (Å²) in [5.41, 5.74) is 0. The maximum Gasteiger partial charge on any atom is 0.0558 e. The molecule has 4 heteroatoms. The number of likely N-dealkylation sites (N-methyl/N-ethyl adjacent to an activating group) is 1. The van der Waals surface area contributed by atoms with Crippen LogP contribution in [0.5, 0.6) is 0 Å². The van der Waals surface area contributed by atoms with Gasteiger partial charge in [0, 0.05) is 38.8 Å². The fraction of sp³-hybridized carbons (Fsp3) is 1.00. The van der Waals surface area contributed by atoms with Gasteiger partial charge < -0.3 is 14.9 Å². The smallest absolute Gasteiger partial charge is 0.0558 e. The Morgan fingerprint density at radius 1 is 0.944 bits per heavy atom. The van der Waals surface area contributed by atoms with E-state index in [9.17, 15) is 0 Å². The average molecular weight is 257 g/mol. The average Bonchev–Trinajstić information content (AvgIpc) is 2.43. The second-order valence-electron chi connectivity index (χ2n) is 5.14. The van der Waals surface area contributed by atoms with Gasteiger partial charge in [0.15, 0.2) is 0 Å². The first-order valence-corrected chi connectivity index (χ1v) is 7.55. The predicted molar refractivity (Wildman–Crippen MR) is 77.0 cm³/mol. The van der Waals surface area contributed by atoms with Gasteiger partial charge in [-0.3, -0.25) is 4.90 Å². The van der Waals surface area contributed by atoms with Crippen LogP contribution >= 0.6 is 0 Å². The summed E-state index contributed by atoms with van der Waals surface area (Å²) in [6.07, 6.45) is 2.56. The first kappa shape index (κ1) is 15.9. The zero-order valence-corrected chi connectivity index (χ0v) is 12.4.